The minimum atomic E-state index is -3.80. The van der Waals surface area contributed by atoms with Crippen LogP contribution < -0.4 is 16.0 Å². The standard InChI is InChI=1S/C39H61N2O12P/c1-21(2)51-54(48,52-22(3)4)53-24-7-9-25-23(20-24)6-8-27-26(25)18-19-39(5)28(27)10-15-33(39)50-35(45)17-13-31(43)30(42)12-16-34(44)49-32-14-11-29(40)37(46)36(32)38(41)47/h7,9,20-22,26-33,36-37,42-43,46H,6,8,10-19,40H2,1-5H3,(H2,41,47). The lowest BCUT2D eigenvalue weighted by atomic mass is 9.55. The first kappa shape index (κ1) is 42.6. The summed E-state index contributed by atoms with van der Waals surface area (Å²) in [7, 11) is -3.80. The first-order valence-corrected chi connectivity index (χ1v) is 21.1. The van der Waals surface area contributed by atoms with Crippen LogP contribution in [0.25, 0.3) is 0 Å². The summed E-state index contributed by atoms with van der Waals surface area (Å²) in [5.74, 6) is -1.40. The molecule has 7 N–H and O–H groups in total. The second kappa shape index (κ2) is 17.7. The van der Waals surface area contributed by atoms with Gasteiger partial charge < -0.3 is 40.8 Å². The molecule has 1 aromatic carbocycles. The van der Waals surface area contributed by atoms with Crippen molar-refractivity contribution in [2.45, 2.75) is 166 Å². The van der Waals surface area contributed by atoms with Crippen LogP contribution in [0.5, 0.6) is 5.75 Å². The van der Waals surface area contributed by atoms with Gasteiger partial charge in [-0.1, -0.05) is 13.0 Å². The van der Waals surface area contributed by atoms with Gasteiger partial charge in [-0.05, 0) is 133 Å². The van der Waals surface area contributed by atoms with Crippen molar-refractivity contribution in [3.8, 4) is 5.75 Å². The van der Waals surface area contributed by atoms with Crippen molar-refractivity contribution in [3.63, 3.8) is 0 Å². The number of phosphoric ester groups is 1. The Morgan fingerprint density at radius 3 is 2.15 bits per heavy atom. The number of hydrogen-bond donors (Lipinski definition) is 5. The maximum absolute atomic E-state index is 13.4. The fraction of sp³-hybridized carbons (Fsp3) is 0.769. The van der Waals surface area contributed by atoms with Gasteiger partial charge in [0.25, 0.3) is 0 Å². The maximum Gasteiger partial charge on any atom is 0.530 e. The van der Waals surface area contributed by atoms with E-state index in [0.717, 1.165) is 38.5 Å². The molecule has 0 radical (unpaired) electrons. The van der Waals surface area contributed by atoms with Gasteiger partial charge >= 0.3 is 19.8 Å². The quantitative estimate of drug-likeness (QED) is 0.115. The number of carbonyl (C=O) groups is 3. The van der Waals surface area contributed by atoms with E-state index in [0.29, 0.717) is 29.9 Å². The average molecular weight is 781 g/mol. The molecule has 1 amide bonds. The highest BCUT2D eigenvalue weighted by atomic mass is 31.2. The van der Waals surface area contributed by atoms with Gasteiger partial charge in [0.05, 0.1) is 30.5 Å². The van der Waals surface area contributed by atoms with Crippen molar-refractivity contribution in [3.05, 3.63) is 29.3 Å². The van der Waals surface area contributed by atoms with Crippen LogP contribution in [0, 0.1) is 23.2 Å². The van der Waals surface area contributed by atoms with E-state index in [1.807, 2.05) is 12.1 Å². The van der Waals surface area contributed by atoms with Crippen molar-refractivity contribution < 1.29 is 57.3 Å². The summed E-state index contributed by atoms with van der Waals surface area (Å²) < 4.78 is 41.8. The van der Waals surface area contributed by atoms with Crippen LogP contribution >= 0.6 is 7.82 Å². The molecule has 11 atom stereocenters. The molecule has 0 heterocycles. The minimum Gasteiger partial charge on any atom is -0.462 e. The number of aliphatic hydroxyl groups is 3. The fourth-order valence-corrected chi connectivity index (χ4v) is 11.1. The summed E-state index contributed by atoms with van der Waals surface area (Å²) in [6.45, 7) is 9.38. The second-order valence-corrected chi connectivity index (χ2v) is 18.1. The largest absolute Gasteiger partial charge is 0.530 e. The molecule has 4 aliphatic carbocycles. The van der Waals surface area contributed by atoms with Crippen LogP contribution in [0.3, 0.4) is 0 Å². The number of phosphoric acid groups is 1. The number of ether oxygens (including phenoxy) is 2. The lowest BCUT2D eigenvalue weighted by Gasteiger charge is -2.50. The van der Waals surface area contributed by atoms with Crippen LogP contribution in [0.4, 0.5) is 0 Å². The summed E-state index contributed by atoms with van der Waals surface area (Å²) in [5.41, 5.74) is 13.5. The molecule has 4 aliphatic rings. The number of primary amides is 1. The number of nitrogens with two attached hydrogens (primary N) is 2. The minimum absolute atomic E-state index is 0.0335. The Morgan fingerprint density at radius 1 is 0.907 bits per heavy atom. The van der Waals surface area contributed by atoms with Crippen molar-refractivity contribution in [1.82, 2.24) is 0 Å². The monoisotopic (exact) mass is 780 g/mol. The van der Waals surface area contributed by atoms with E-state index in [1.165, 1.54) is 11.1 Å². The number of carbonyl (C=O) groups excluding carboxylic acids is 3. The predicted octanol–water partition coefficient (Wildman–Crippen LogP) is 4.57. The molecule has 1 aromatic rings. The van der Waals surface area contributed by atoms with Crippen molar-refractivity contribution in [2.24, 2.45) is 34.6 Å². The molecule has 0 aliphatic heterocycles. The Morgan fingerprint density at radius 2 is 1.54 bits per heavy atom. The summed E-state index contributed by atoms with van der Waals surface area (Å²) >= 11 is 0. The molecule has 0 aromatic heterocycles. The Hall–Kier alpha value is -2.58. The zero-order chi connectivity index (χ0) is 39.5. The third kappa shape index (κ3) is 9.86. The van der Waals surface area contributed by atoms with Gasteiger partial charge in [-0.2, -0.15) is 0 Å². The number of aliphatic hydroxyl groups excluding tert-OH is 3. The van der Waals surface area contributed by atoms with Crippen LogP contribution in [-0.4, -0.2) is 81.9 Å². The second-order valence-electron chi connectivity index (χ2n) is 16.6. The molecule has 11 unspecified atom stereocenters. The first-order chi connectivity index (χ1) is 25.4. The van der Waals surface area contributed by atoms with E-state index >= 15 is 0 Å². The molecular weight excluding hydrogens is 719 g/mol. The highest BCUT2D eigenvalue weighted by molar-refractivity contribution is 7.49. The van der Waals surface area contributed by atoms with E-state index in [-0.39, 0.29) is 55.8 Å². The lowest BCUT2D eigenvalue weighted by Crippen LogP contribution is -2.55. The lowest BCUT2D eigenvalue weighted by molar-refractivity contribution is -0.163. The molecule has 3 saturated carbocycles. The number of aryl methyl sites for hydroxylation is 1. The fourth-order valence-electron chi connectivity index (χ4n) is 9.51. The van der Waals surface area contributed by atoms with E-state index in [9.17, 15) is 34.3 Å². The van der Waals surface area contributed by atoms with Gasteiger partial charge in [0.2, 0.25) is 5.91 Å². The van der Waals surface area contributed by atoms with Crippen LogP contribution in [0.15, 0.2) is 18.2 Å². The van der Waals surface area contributed by atoms with E-state index in [4.69, 9.17) is 34.5 Å². The Labute approximate surface area is 318 Å². The number of fused-ring (bicyclic) bond motifs is 5. The van der Waals surface area contributed by atoms with Crippen LogP contribution in [0.1, 0.15) is 122 Å². The van der Waals surface area contributed by atoms with Crippen molar-refractivity contribution in [2.75, 3.05) is 0 Å². The molecule has 0 saturated heterocycles. The SMILES string of the molecule is CC(C)OP(=O)(Oc1ccc2c(c1)CCC1C2CCC2(C)C(OC(=O)CCC(O)C(O)CCC(=O)OC3CCC(N)C(O)C3C(N)=O)CCC12)OC(C)C. The van der Waals surface area contributed by atoms with Crippen molar-refractivity contribution in [1.29, 1.82) is 0 Å². The third-order valence-electron chi connectivity index (χ3n) is 12.1. The highest BCUT2D eigenvalue weighted by Gasteiger charge is 2.56. The van der Waals surface area contributed by atoms with E-state index < -0.39 is 62.0 Å². The number of esters is 2. The maximum atomic E-state index is 13.4. The van der Waals surface area contributed by atoms with Gasteiger partial charge in [-0.15, -0.1) is 0 Å². The van der Waals surface area contributed by atoms with Gasteiger partial charge in [-0.3, -0.25) is 23.4 Å². The van der Waals surface area contributed by atoms with E-state index in [2.05, 4.69) is 13.0 Å². The van der Waals surface area contributed by atoms with Crippen LogP contribution in [-0.2, 0) is 43.9 Å². The number of rotatable bonds is 16. The Kier molecular flexibility index (Phi) is 13.9. The zero-order valence-electron chi connectivity index (χ0n) is 32.3. The molecule has 0 spiro atoms. The zero-order valence-corrected chi connectivity index (χ0v) is 33.2. The molecule has 3 fully saturated rings. The summed E-state index contributed by atoms with van der Waals surface area (Å²) in [6, 6.07) is 5.26. The number of amides is 1. The Balaban J connectivity index is 1.09. The molecule has 54 heavy (non-hydrogen) atoms. The normalized spacial score (nSPS) is 31.9. The molecule has 0 bridgehead atoms. The average Bonchev–Trinajstić information content (AvgIpc) is 3.41. The first-order valence-electron chi connectivity index (χ1n) is 19.7. The van der Waals surface area contributed by atoms with Gasteiger partial charge in [0.15, 0.2) is 0 Å². The summed E-state index contributed by atoms with van der Waals surface area (Å²) in [6.07, 6.45) is -0.00353. The van der Waals surface area contributed by atoms with Crippen molar-refractivity contribution >= 4 is 25.7 Å². The topological polar surface area (TPSA) is 227 Å². The van der Waals surface area contributed by atoms with Gasteiger partial charge in [-0.25, -0.2) is 4.57 Å². The molecule has 14 nitrogen and oxygen atoms in total. The number of benzene rings is 1. The van der Waals surface area contributed by atoms with Crippen LogP contribution in [0.2, 0.25) is 0 Å². The molecular formula is C39H61N2O12P. The van der Waals surface area contributed by atoms with Gasteiger partial charge in [0.1, 0.15) is 23.9 Å². The van der Waals surface area contributed by atoms with E-state index in [1.54, 1.807) is 27.7 Å². The summed E-state index contributed by atoms with van der Waals surface area (Å²) in [4.78, 5) is 37.4. The predicted molar refractivity (Wildman–Crippen MR) is 198 cm³/mol. The Bertz CT molecular complexity index is 1530. The highest BCUT2D eigenvalue weighted by Crippen LogP contribution is 2.62. The smallest absolute Gasteiger partial charge is 0.462 e. The summed E-state index contributed by atoms with van der Waals surface area (Å²) in [5, 5.41) is 31.3. The molecule has 5 rings (SSSR count). The third-order valence-corrected chi connectivity index (χ3v) is 13.9. The number of hydrogen-bond acceptors (Lipinski definition) is 13. The molecule has 15 heteroatoms. The molecule has 304 valence electrons. The van der Waals surface area contributed by atoms with Gasteiger partial charge in [0, 0.05) is 24.3 Å².